The number of aliphatic carboxylic acids is 1. The number of hydrogen-bond donors (Lipinski definition) is 3. The molecule has 1 atom stereocenters. The molecule has 12 nitrogen and oxygen atoms in total. The minimum atomic E-state index is -4.35. The lowest BCUT2D eigenvalue weighted by Crippen LogP contribution is -2.43. The molecule has 5 rings (SSSR count). The SMILES string of the molecule is Cn1ccc(=O)n(-c2ccc(C[C@H](NC(=O)c3c(F)cc(NS(=O)(=O)c4ccc(C(=O)CC5CCCCC5)cc4)cc3F)C(=O)O)cc2)c1=O. The predicted molar refractivity (Wildman–Crippen MR) is 179 cm³/mol. The van der Waals surface area contributed by atoms with E-state index in [1.807, 2.05) is 0 Å². The molecule has 1 heterocycles. The van der Waals surface area contributed by atoms with Crippen LogP contribution in [0.3, 0.4) is 0 Å². The van der Waals surface area contributed by atoms with Gasteiger partial charge in [0.05, 0.1) is 16.3 Å². The third-order valence-corrected chi connectivity index (χ3v) is 10.00. The fourth-order valence-electron chi connectivity index (χ4n) is 5.91. The van der Waals surface area contributed by atoms with Crippen LogP contribution in [0, 0.1) is 17.6 Å². The minimum absolute atomic E-state index is 0.0934. The Morgan fingerprint density at radius 2 is 1.54 bits per heavy atom. The molecule has 1 aliphatic carbocycles. The van der Waals surface area contributed by atoms with E-state index in [4.69, 9.17) is 0 Å². The van der Waals surface area contributed by atoms with E-state index in [0.29, 0.717) is 35.6 Å². The van der Waals surface area contributed by atoms with E-state index in [-0.39, 0.29) is 22.8 Å². The van der Waals surface area contributed by atoms with Crippen molar-refractivity contribution in [1.29, 1.82) is 0 Å². The number of carboxylic acid groups (broad SMARTS) is 1. The summed E-state index contributed by atoms with van der Waals surface area (Å²) in [4.78, 5) is 61.9. The fourth-order valence-corrected chi connectivity index (χ4v) is 6.95. The zero-order valence-corrected chi connectivity index (χ0v) is 27.7. The molecule has 4 aromatic rings. The molecule has 50 heavy (non-hydrogen) atoms. The second-order valence-electron chi connectivity index (χ2n) is 12.2. The number of nitrogens with one attached hydrogen (secondary N) is 2. The molecule has 1 amide bonds. The van der Waals surface area contributed by atoms with Crippen LogP contribution < -0.4 is 21.3 Å². The summed E-state index contributed by atoms with van der Waals surface area (Å²) in [6.07, 6.45) is 6.66. The van der Waals surface area contributed by atoms with E-state index in [2.05, 4.69) is 10.0 Å². The Labute approximate surface area is 285 Å². The summed E-state index contributed by atoms with van der Waals surface area (Å²) in [7, 11) is -2.89. The van der Waals surface area contributed by atoms with Crippen molar-refractivity contribution in [2.75, 3.05) is 4.72 Å². The van der Waals surface area contributed by atoms with Crippen molar-refractivity contribution in [3.63, 3.8) is 0 Å². The first-order valence-corrected chi connectivity index (χ1v) is 17.3. The lowest BCUT2D eigenvalue weighted by atomic mass is 9.85. The molecule has 0 saturated heterocycles. The number of sulfonamides is 1. The lowest BCUT2D eigenvalue weighted by Gasteiger charge is -2.20. The highest BCUT2D eigenvalue weighted by Crippen LogP contribution is 2.28. The number of aromatic nitrogens is 2. The Morgan fingerprint density at radius 3 is 2.14 bits per heavy atom. The van der Waals surface area contributed by atoms with E-state index in [1.165, 1.54) is 72.4 Å². The summed E-state index contributed by atoms with van der Waals surface area (Å²) < 4.78 is 60.2. The van der Waals surface area contributed by atoms with Gasteiger partial charge in [0.25, 0.3) is 21.5 Å². The number of anilines is 1. The number of carboxylic acids is 1. The molecule has 15 heteroatoms. The molecular formula is C35H34F2N4O8S. The number of ketones is 1. The van der Waals surface area contributed by atoms with E-state index in [9.17, 15) is 37.5 Å². The standard InChI is InChI=1S/C35H34F2N4O8S/c1-40-16-15-31(43)41(35(40)47)25-11-7-22(8-12-25)17-29(34(45)46)38-33(44)32-27(36)19-24(20-28(32)37)39-50(48,49)26-13-9-23(10-14-26)30(42)18-21-5-3-2-4-6-21/h7-16,19-21,29,39H,2-6,17-18H2,1H3,(H,38,44)(H,45,46)/t29-/m0/s1. The van der Waals surface area contributed by atoms with Crippen LogP contribution in [-0.4, -0.2) is 46.4 Å². The van der Waals surface area contributed by atoms with Crippen molar-refractivity contribution in [2.45, 2.75) is 55.9 Å². The molecule has 0 radical (unpaired) electrons. The molecular weight excluding hydrogens is 674 g/mol. The Bertz CT molecular complexity index is 2140. The van der Waals surface area contributed by atoms with Crippen molar-refractivity contribution >= 4 is 33.4 Å². The van der Waals surface area contributed by atoms with E-state index < -0.39 is 62.1 Å². The number of carbonyl (C=O) groups is 3. The molecule has 1 saturated carbocycles. The summed E-state index contributed by atoms with van der Waals surface area (Å²) in [5.41, 5.74) is -1.91. The zero-order valence-electron chi connectivity index (χ0n) is 26.9. The average molecular weight is 709 g/mol. The van der Waals surface area contributed by atoms with Crippen molar-refractivity contribution in [3.8, 4) is 5.69 Å². The van der Waals surface area contributed by atoms with Crippen LogP contribution >= 0.6 is 0 Å². The van der Waals surface area contributed by atoms with Crippen LogP contribution in [-0.2, 0) is 28.3 Å². The normalized spacial score (nSPS) is 14.1. The highest BCUT2D eigenvalue weighted by atomic mass is 32.2. The second kappa shape index (κ2) is 15.0. The highest BCUT2D eigenvalue weighted by Gasteiger charge is 2.27. The number of amides is 1. The first kappa shape index (κ1) is 35.9. The molecule has 0 spiro atoms. The van der Waals surface area contributed by atoms with Crippen molar-refractivity contribution < 1.29 is 36.7 Å². The van der Waals surface area contributed by atoms with Crippen LogP contribution in [0.15, 0.2) is 87.4 Å². The lowest BCUT2D eigenvalue weighted by molar-refractivity contribution is -0.139. The molecule has 262 valence electrons. The molecule has 1 fully saturated rings. The maximum Gasteiger partial charge on any atom is 0.335 e. The van der Waals surface area contributed by atoms with E-state index in [0.717, 1.165) is 36.7 Å². The van der Waals surface area contributed by atoms with Gasteiger partial charge in [-0.1, -0.05) is 56.4 Å². The Morgan fingerprint density at radius 1 is 0.920 bits per heavy atom. The van der Waals surface area contributed by atoms with Crippen molar-refractivity contribution in [3.05, 3.63) is 122 Å². The molecule has 0 aliphatic heterocycles. The quantitative estimate of drug-likeness (QED) is 0.184. The monoisotopic (exact) mass is 708 g/mol. The van der Waals surface area contributed by atoms with Gasteiger partial charge in [-0.15, -0.1) is 0 Å². The topological polar surface area (TPSA) is 174 Å². The van der Waals surface area contributed by atoms with Gasteiger partial charge in [-0.05, 0) is 47.9 Å². The largest absolute Gasteiger partial charge is 0.480 e. The predicted octanol–water partition coefficient (Wildman–Crippen LogP) is 4.19. The van der Waals surface area contributed by atoms with Gasteiger partial charge in [0.15, 0.2) is 5.78 Å². The van der Waals surface area contributed by atoms with E-state index >= 15 is 8.78 Å². The molecule has 0 unspecified atom stereocenters. The van der Waals surface area contributed by atoms with Crippen LogP contribution in [0.2, 0.25) is 0 Å². The number of carbonyl (C=O) groups excluding carboxylic acids is 2. The van der Waals surface area contributed by atoms with Gasteiger partial charge in [0, 0.05) is 37.7 Å². The molecule has 0 bridgehead atoms. The van der Waals surface area contributed by atoms with Gasteiger partial charge < -0.3 is 15.0 Å². The summed E-state index contributed by atoms with van der Waals surface area (Å²) in [6.45, 7) is 0. The first-order valence-electron chi connectivity index (χ1n) is 15.8. The number of rotatable bonds is 12. The maximum atomic E-state index is 15.1. The summed E-state index contributed by atoms with van der Waals surface area (Å²) in [5.74, 6) is -5.60. The average Bonchev–Trinajstić information content (AvgIpc) is 3.07. The molecule has 1 aromatic heterocycles. The van der Waals surface area contributed by atoms with Crippen molar-refractivity contribution in [1.82, 2.24) is 14.5 Å². The summed E-state index contributed by atoms with van der Waals surface area (Å²) in [6, 6.07) is 11.6. The number of hydrogen-bond acceptors (Lipinski definition) is 7. The van der Waals surface area contributed by atoms with Gasteiger partial charge in [0.1, 0.15) is 23.2 Å². The van der Waals surface area contributed by atoms with Gasteiger partial charge >= 0.3 is 11.7 Å². The highest BCUT2D eigenvalue weighted by molar-refractivity contribution is 7.92. The second-order valence-corrected chi connectivity index (χ2v) is 13.9. The smallest absolute Gasteiger partial charge is 0.335 e. The number of aryl methyl sites for hydroxylation is 1. The number of nitrogens with zero attached hydrogens (tertiary/aromatic N) is 2. The van der Waals surface area contributed by atoms with Crippen LogP contribution in [0.1, 0.15) is 64.8 Å². The van der Waals surface area contributed by atoms with Gasteiger partial charge in [-0.3, -0.25) is 19.1 Å². The summed E-state index contributed by atoms with van der Waals surface area (Å²) in [5, 5.41) is 11.8. The Hall–Kier alpha value is -5.44. The summed E-state index contributed by atoms with van der Waals surface area (Å²) >= 11 is 0. The maximum absolute atomic E-state index is 15.1. The van der Waals surface area contributed by atoms with Crippen LogP contribution in [0.25, 0.3) is 5.69 Å². The van der Waals surface area contributed by atoms with Crippen LogP contribution in [0.4, 0.5) is 14.5 Å². The van der Waals surface area contributed by atoms with Gasteiger partial charge in [0.2, 0.25) is 0 Å². The van der Waals surface area contributed by atoms with E-state index in [1.54, 1.807) is 0 Å². The van der Waals surface area contributed by atoms with Gasteiger partial charge in [-0.25, -0.2) is 31.4 Å². The fraction of sp³-hybridized carbons (Fsp3) is 0.286. The molecule has 3 N–H and O–H groups in total. The van der Waals surface area contributed by atoms with Crippen LogP contribution in [0.5, 0.6) is 0 Å². The third kappa shape index (κ3) is 8.22. The number of Topliss-reactive ketones (excluding diaryl/α,β-unsaturated/α-hetero) is 1. The Kier molecular flexibility index (Phi) is 10.7. The Balaban J connectivity index is 1.25. The molecule has 3 aromatic carbocycles. The molecule has 1 aliphatic rings. The first-order chi connectivity index (χ1) is 23.7. The number of halogens is 2. The third-order valence-electron chi connectivity index (χ3n) is 8.60. The van der Waals surface area contributed by atoms with Gasteiger partial charge in [-0.2, -0.15) is 0 Å². The zero-order chi connectivity index (χ0) is 36.2. The van der Waals surface area contributed by atoms with Crippen molar-refractivity contribution in [2.24, 2.45) is 13.0 Å². The minimum Gasteiger partial charge on any atom is -0.480 e. The number of benzene rings is 3.